The van der Waals surface area contributed by atoms with E-state index in [0.717, 1.165) is 22.8 Å². The summed E-state index contributed by atoms with van der Waals surface area (Å²) < 4.78 is 5.12. The monoisotopic (exact) mass is 241 g/mol. The van der Waals surface area contributed by atoms with Crippen molar-refractivity contribution in [1.82, 2.24) is 0 Å². The molecule has 0 saturated carbocycles. The Morgan fingerprint density at radius 1 is 1.38 bits per heavy atom. The van der Waals surface area contributed by atoms with Crippen molar-refractivity contribution in [2.45, 2.75) is 20.3 Å². The Morgan fingerprint density at radius 3 is 2.50 bits per heavy atom. The molecule has 1 aromatic carbocycles. The second-order valence-corrected chi connectivity index (χ2v) is 4.81. The van der Waals surface area contributed by atoms with Gasteiger partial charge in [-0.05, 0) is 42.5 Å². The largest absolute Gasteiger partial charge is 0.497 e. The molecule has 2 nitrogen and oxygen atoms in total. The van der Waals surface area contributed by atoms with Gasteiger partial charge >= 0.3 is 0 Å². The molecule has 3 heteroatoms. The minimum Gasteiger partial charge on any atom is -0.497 e. The van der Waals surface area contributed by atoms with Gasteiger partial charge in [0.2, 0.25) is 0 Å². The van der Waals surface area contributed by atoms with E-state index in [4.69, 9.17) is 22.1 Å². The van der Waals surface area contributed by atoms with Crippen LogP contribution in [0.5, 0.6) is 5.75 Å². The Morgan fingerprint density at radius 2 is 2.06 bits per heavy atom. The lowest BCUT2D eigenvalue weighted by atomic mass is 9.89. The smallest absolute Gasteiger partial charge is 0.120 e. The minimum atomic E-state index is 0.478. The minimum absolute atomic E-state index is 0.478. The molecule has 0 aliphatic heterocycles. The van der Waals surface area contributed by atoms with Gasteiger partial charge in [-0.25, -0.2) is 0 Å². The van der Waals surface area contributed by atoms with Gasteiger partial charge in [-0.15, -0.1) is 0 Å². The fraction of sp³-hybridized carbons (Fsp3) is 0.538. The van der Waals surface area contributed by atoms with Crippen molar-refractivity contribution in [1.29, 1.82) is 0 Å². The normalized spacial score (nSPS) is 12.9. The lowest BCUT2D eigenvalue weighted by molar-refractivity contribution is 0.391. The van der Waals surface area contributed by atoms with E-state index in [1.165, 1.54) is 0 Å². The molecule has 2 N–H and O–H groups in total. The van der Waals surface area contributed by atoms with Crippen LogP contribution in [0.3, 0.4) is 0 Å². The van der Waals surface area contributed by atoms with Gasteiger partial charge in [0.25, 0.3) is 0 Å². The van der Waals surface area contributed by atoms with E-state index in [9.17, 15) is 0 Å². The number of halogens is 1. The third kappa shape index (κ3) is 3.39. The summed E-state index contributed by atoms with van der Waals surface area (Å²) in [5.41, 5.74) is 6.90. The maximum absolute atomic E-state index is 6.19. The molecule has 0 bridgehead atoms. The third-order valence-corrected chi connectivity index (χ3v) is 3.34. The van der Waals surface area contributed by atoms with E-state index < -0.39 is 0 Å². The number of ether oxygens (including phenoxy) is 1. The van der Waals surface area contributed by atoms with E-state index in [-0.39, 0.29) is 0 Å². The molecule has 1 atom stereocenters. The van der Waals surface area contributed by atoms with Crippen molar-refractivity contribution >= 4 is 11.6 Å². The lowest BCUT2D eigenvalue weighted by Crippen LogP contribution is -2.22. The molecular weight excluding hydrogens is 222 g/mol. The van der Waals surface area contributed by atoms with Crippen LogP contribution in [0.1, 0.15) is 19.4 Å². The van der Waals surface area contributed by atoms with E-state index in [1.807, 2.05) is 18.2 Å². The van der Waals surface area contributed by atoms with Crippen molar-refractivity contribution in [3.63, 3.8) is 0 Å². The third-order valence-electron chi connectivity index (χ3n) is 2.99. The van der Waals surface area contributed by atoms with Gasteiger partial charge in [0, 0.05) is 5.02 Å². The Labute approximate surface area is 103 Å². The molecule has 0 radical (unpaired) electrons. The molecule has 0 aliphatic rings. The average molecular weight is 242 g/mol. The number of hydrogen-bond acceptors (Lipinski definition) is 2. The van der Waals surface area contributed by atoms with Crippen molar-refractivity contribution < 1.29 is 4.74 Å². The predicted octanol–water partition coefficient (Wildman–Crippen LogP) is 3.12. The summed E-state index contributed by atoms with van der Waals surface area (Å²) in [4.78, 5) is 0. The molecule has 90 valence electrons. The SMILES string of the molecule is COc1ccc(CC(CN)C(C)C)c(Cl)c1. The Hall–Kier alpha value is -0.730. The van der Waals surface area contributed by atoms with Crippen molar-refractivity contribution in [3.8, 4) is 5.75 Å². The molecule has 0 heterocycles. The molecule has 1 rings (SSSR count). The molecule has 0 amide bonds. The molecule has 0 aliphatic carbocycles. The highest BCUT2D eigenvalue weighted by Crippen LogP contribution is 2.26. The molecule has 0 spiro atoms. The molecule has 1 unspecified atom stereocenters. The fourth-order valence-corrected chi connectivity index (χ4v) is 1.94. The van der Waals surface area contributed by atoms with Crippen LogP contribution >= 0.6 is 11.6 Å². The average Bonchev–Trinajstić information content (AvgIpc) is 2.26. The van der Waals surface area contributed by atoms with Gasteiger partial charge in [0.05, 0.1) is 7.11 Å². The number of benzene rings is 1. The van der Waals surface area contributed by atoms with Gasteiger partial charge < -0.3 is 10.5 Å². The second-order valence-electron chi connectivity index (χ2n) is 4.40. The summed E-state index contributed by atoms with van der Waals surface area (Å²) >= 11 is 6.19. The first kappa shape index (κ1) is 13.3. The summed E-state index contributed by atoms with van der Waals surface area (Å²) in [6, 6.07) is 5.81. The van der Waals surface area contributed by atoms with E-state index >= 15 is 0 Å². The zero-order valence-electron chi connectivity index (χ0n) is 10.2. The van der Waals surface area contributed by atoms with Gasteiger partial charge in [-0.1, -0.05) is 31.5 Å². The Kier molecular flexibility index (Phi) is 5.10. The molecule has 1 aromatic rings. The van der Waals surface area contributed by atoms with Gasteiger partial charge in [0.15, 0.2) is 0 Å². The van der Waals surface area contributed by atoms with E-state index in [2.05, 4.69) is 13.8 Å². The van der Waals surface area contributed by atoms with Crippen LogP contribution in [-0.2, 0) is 6.42 Å². The first-order valence-corrected chi connectivity index (χ1v) is 5.98. The maximum atomic E-state index is 6.19. The molecule has 0 fully saturated rings. The predicted molar refractivity (Wildman–Crippen MR) is 69.1 cm³/mol. The van der Waals surface area contributed by atoms with Gasteiger partial charge in [-0.3, -0.25) is 0 Å². The first-order chi connectivity index (χ1) is 7.58. The van der Waals surface area contributed by atoms with Crippen LogP contribution in [0.2, 0.25) is 5.02 Å². The summed E-state index contributed by atoms with van der Waals surface area (Å²) in [5, 5.41) is 0.762. The van der Waals surface area contributed by atoms with Crippen LogP contribution in [0.4, 0.5) is 0 Å². The van der Waals surface area contributed by atoms with Crippen LogP contribution < -0.4 is 10.5 Å². The van der Waals surface area contributed by atoms with Crippen LogP contribution in [-0.4, -0.2) is 13.7 Å². The lowest BCUT2D eigenvalue weighted by Gasteiger charge is -2.19. The Balaban J connectivity index is 2.80. The van der Waals surface area contributed by atoms with Crippen molar-refractivity contribution in [3.05, 3.63) is 28.8 Å². The quantitative estimate of drug-likeness (QED) is 0.860. The maximum Gasteiger partial charge on any atom is 0.120 e. The van der Waals surface area contributed by atoms with Crippen LogP contribution in [0.25, 0.3) is 0 Å². The topological polar surface area (TPSA) is 35.2 Å². The molecular formula is C13H20ClNO. The molecule has 0 saturated heterocycles. The highest BCUT2D eigenvalue weighted by atomic mass is 35.5. The number of rotatable bonds is 5. The van der Waals surface area contributed by atoms with E-state index in [0.29, 0.717) is 18.4 Å². The van der Waals surface area contributed by atoms with Crippen LogP contribution in [0, 0.1) is 11.8 Å². The Bertz CT molecular complexity index is 339. The van der Waals surface area contributed by atoms with Crippen molar-refractivity contribution in [2.75, 3.05) is 13.7 Å². The fourth-order valence-electron chi connectivity index (χ4n) is 1.69. The summed E-state index contributed by atoms with van der Waals surface area (Å²) in [5.74, 6) is 1.84. The zero-order chi connectivity index (χ0) is 12.1. The van der Waals surface area contributed by atoms with E-state index in [1.54, 1.807) is 7.11 Å². The molecule has 16 heavy (non-hydrogen) atoms. The summed E-state index contributed by atoms with van der Waals surface area (Å²) in [6.07, 6.45) is 0.928. The number of methoxy groups -OCH3 is 1. The standard InChI is InChI=1S/C13H20ClNO/c1-9(2)11(8-15)6-10-4-5-12(16-3)7-13(10)14/h4-5,7,9,11H,6,8,15H2,1-3H3. The highest BCUT2D eigenvalue weighted by molar-refractivity contribution is 6.31. The number of hydrogen-bond donors (Lipinski definition) is 1. The summed E-state index contributed by atoms with van der Waals surface area (Å²) in [7, 11) is 1.64. The van der Waals surface area contributed by atoms with Gasteiger partial charge in [-0.2, -0.15) is 0 Å². The second kappa shape index (κ2) is 6.12. The number of nitrogens with two attached hydrogens (primary N) is 1. The summed E-state index contributed by atoms with van der Waals surface area (Å²) in [6.45, 7) is 5.07. The van der Waals surface area contributed by atoms with Crippen molar-refractivity contribution in [2.24, 2.45) is 17.6 Å². The first-order valence-electron chi connectivity index (χ1n) is 5.61. The zero-order valence-corrected chi connectivity index (χ0v) is 10.9. The van der Waals surface area contributed by atoms with Gasteiger partial charge in [0.1, 0.15) is 5.75 Å². The molecule has 0 aromatic heterocycles. The highest BCUT2D eigenvalue weighted by Gasteiger charge is 2.14. The van der Waals surface area contributed by atoms with Crippen LogP contribution in [0.15, 0.2) is 18.2 Å².